The van der Waals surface area contributed by atoms with Gasteiger partial charge in [-0.1, -0.05) is 11.6 Å². The van der Waals surface area contributed by atoms with Gasteiger partial charge < -0.3 is 4.74 Å². The van der Waals surface area contributed by atoms with Gasteiger partial charge in [0, 0.05) is 8.95 Å². The number of halogens is 3. The predicted octanol–water partition coefficient (Wildman–Crippen LogP) is 3.87. The van der Waals surface area contributed by atoms with Crippen LogP contribution in [0, 0.1) is 0 Å². The van der Waals surface area contributed by atoms with Crippen LogP contribution in [0.3, 0.4) is 0 Å². The Morgan fingerprint density at radius 2 is 1.82 bits per heavy atom. The monoisotopic (exact) mass is 298 g/mol. The zero-order valence-corrected chi connectivity index (χ0v) is 9.62. The third kappa shape index (κ3) is 2.10. The van der Waals surface area contributed by atoms with Crippen molar-refractivity contribution < 1.29 is 4.74 Å². The summed E-state index contributed by atoms with van der Waals surface area (Å²) < 4.78 is 6.85. The van der Waals surface area contributed by atoms with Gasteiger partial charge in [0.05, 0.1) is 12.1 Å². The molecule has 0 bridgehead atoms. The molecule has 11 heavy (non-hydrogen) atoms. The molecule has 0 aliphatic carbocycles. The molecule has 0 spiro atoms. The Morgan fingerprint density at radius 1 is 1.27 bits per heavy atom. The summed E-state index contributed by atoms with van der Waals surface area (Å²) in [5.74, 6) is 0.668. The molecule has 1 aromatic carbocycles. The molecule has 0 unspecified atom stereocenters. The van der Waals surface area contributed by atoms with Gasteiger partial charge in [0.2, 0.25) is 0 Å². The first-order valence-electron chi connectivity index (χ1n) is 2.83. The van der Waals surface area contributed by atoms with Crippen LogP contribution in [-0.2, 0) is 0 Å². The minimum atomic E-state index is 0.600. The van der Waals surface area contributed by atoms with E-state index < -0.39 is 0 Å². The third-order valence-corrected chi connectivity index (χ3v) is 3.33. The lowest BCUT2D eigenvalue weighted by Crippen LogP contribution is -1.84. The quantitative estimate of drug-likeness (QED) is 0.715. The predicted molar refractivity (Wildman–Crippen MR) is 53.4 cm³/mol. The Labute approximate surface area is 86.9 Å². The molecular weight excluding hydrogens is 295 g/mol. The number of benzene rings is 1. The Hall–Kier alpha value is 0.270. The van der Waals surface area contributed by atoms with E-state index in [0.29, 0.717) is 10.8 Å². The summed E-state index contributed by atoms with van der Waals surface area (Å²) in [5, 5.41) is 0.600. The van der Waals surface area contributed by atoms with E-state index in [1.54, 1.807) is 13.2 Å². The molecule has 0 heterocycles. The molecule has 0 aliphatic rings. The fraction of sp³-hybridized carbons (Fsp3) is 0.143. The number of hydrogen-bond acceptors (Lipinski definition) is 1. The first-order chi connectivity index (χ1) is 5.15. The van der Waals surface area contributed by atoms with Crippen molar-refractivity contribution in [2.75, 3.05) is 7.11 Å². The summed E-state index contributed by atoms with van der Waals surface area (Å²) >= 11 is 12.5. The van der Waals surface area contributed by atoms with Crippen LogP contribution in [0.5, 0.6) is 5.75 Å². The average molecular weight is 300 g/mol. The highest BCUT2D eigenvalue weighted by Gasteiger charge is 2.03. The van der Waals surface area contributed by atoms with Crippen LogP contribution in [0.15, 0.2) is 21.1 Å². The molecule has 0 fully saturated rings. The van der Waals surface area contributed by atoms with E-state index in [9.17, 15) is 0 Å². The van der Waals surface area contributed by atoms with E-state index in [4.69, 9.17) is 16.3 Å². The molecular formula is C7H5Br2ClO. The molecule has 0 amide bonds. The standard InChI is InChI=1S/C7H5Br2ClO/c1-11-7-3-5(9)4(8)2-6(7)10/h2-3H,1H3. The lowest BCUT2D eigenvalue weighted by atomic mass is 10.3. The second-order valence-corrected chi connectivity index (χ2v) is 4.02. The number of rotatable bonds is 1. The van der Waals surface area contributed by atoms with Crippen LogP contribution in [0.4, 0.5) is 0 Å². The Morgan fingerprint density at radius 3 is 2.36 bits per heavy atom. The highest BCUT2D eigenvalue weighted by Crippen LogP contribution is 2.33. The minimum Gasteiger partial charge on any atom is -0.495 e. The molecule has 4 heteroatoms. The van der Waals surface area contributed by atoms with Crippen LogP contribution in [0.1, 0.15) is 0 Å². The normalized spacial score (nSPS) is 9.82. The lowest BCUT2D eigenvalue weighted by molar-refractivity contribution is 0.414. The second kappa shape index (κ2) is 3.78. The molecule has 1 nitrogen and oxygen atoms in total. The summed E-state index contributed by atoms with van der Waals surface area (Å²) in [6.07, 6.45) is 0. The van der Waals surface area contributed by atoms with E-state index in [2.05, 4.69) is 31.9 Å². The van der Waals surface area contributed by atoms with Crippen LogP contribution in [-0.4, -0.2) is 7.11 Å². The largest absolute Gasteiger partial charge is 0.495 e. The molecule has 0 aromatic heterocycles. The van der Waals surface area contributed by atoms with Gasteiger partial charge in [0.1, 0.15) is 5.75 Å². The van der Waals surface area contributed by atoms with Gasteiger partial charge in [-0.3, -0.25) is 0 Å². The summed E-state index contributed by atoms with van der Waals surface area (Å²) in [7, 11) is 1.58. The fourth-order valence-electron chi connectivity index (χ4n) is 0.661. The Balaban J connectivity index is 3.21. The van der Waals surface area contributed by atoms with Crippen LogP contribution >= 0.6 is 43.5 Å². The first kappa shape index (κ1) is 9.36. The molecule has 0 aliphatic heterocycles. The van der Waals surface area contributed by atoms with E-state index in [0.717, 1.165) is 8.95 Å². The molecule has 1 rings (SSSR count). The molecule has 0 N–H and O–H groups in total. The molecule has 0 saturated carbocycles. The van der Waals surface area contributed by atoms with E-state index in [1.807, 2.05) is 6.07 Å². The van der Waals surface area contributed by atoms with E-state index >= 15 is 0 Å². The van der Waals surface area contributed by atoms with Crippen LogP contribution in [0.2, 0.25) is 5.02 Å². The van der Waals surface area contributed by atoms with Gasteiger partial charge in [-0.15, -0.1) is 0 Å². The van der Waals surface area contributed by atoms with Crippen molar-refractivity contribution in [1.29, 1.82) is 0 Å². The minimum absolute atomic E-state index is 0.600. The van der Waals surface area contributed by atoms with Gasteiger partial charge in [0.15, 0.2) is 0 Å². The molecule has 1 aromatic rings. The third-order valence-electron chi connectivity index (χ3n) is 1.19. The summed E-state index contributed by atoms with van der Waals surface area (Å²) in [5.41, 5.74) is 0. The maximum atomic E-state index is 5.83. The smallest absolute Gasteiger partial charge is 0.138 e. The highest BCUT2D eigenvalue weighted by molar-refractivity contribution is 9.13. The van der Waals surface area contributed by atoms with E-state index in [1.165, 1.54) is 0 Å². The maximum Gasteiger partial charge on any atom is 0.138 e. The van der Waals surface area contributed by atoms with Crippen molar-refractivity contribution in [3.63, 3.8) is 0 Å². The molecule has 60 valence electrons. The van der Waals surface area contributed by atoms with Crippen LogP contribution in [0.25, 0.3) is 0 Å². The van der Waals surface area contributed by atoms with Crippen molar-refractivity contribution in [3.8, 4) is 5.75 Å². The molecule has 0 radical (unpaired) electrons. The number of methoxy groups -OCH3 is 1. The summed E-state index contributed by atoms with van der Waals surface area (Å²) in [6, 6.07) is 3.59. The lowest BCUT2D eigenvalue weighted by Gasteiger charge is -2.03. The number of hydrogen-bond donors (Lipinski definition) is 0. The Bertz CT molecular complexity index is 275. The van der Waals surface area contributed by atoms with Crippen molar-refractivity contribution in [1.82, 2.24) is 0 Å². The molecule has 0 saturated heterocycles. The summed E-state index contributed by atoms with van der Waals surface area (Å²) in [4.78, 5) is 0. The van der Waals surface area contributed by atoms with Gasteiger partial charge in [-0.25, -0.2) is 0 Å². The first-order valence-corrected chi connectivity index (χ1v) is 4.80. The second-order valence-electron chi connectivity index (χ2n) is 1.90. The average Bonchev–Trinajstić information content (AvgIpc) is 1.97. The Kier molecular flexibility index (Phi) is 3.22. The van der Waals surface area contributed by atoms with Crippen molar-refractivity contribution in [2.24, 2.45) is 0 Å². The van der Waals surface area contributed by atoms with Crippen molar-refractivity contribution in [2.45, 2.75) is 0 Å². The van der Waals surface area contributed by atoms with Crippen LogP contribution < -0.4 is 4.74 Å². The topological polar surface area (TPSA) is 9.23 Å². The zero-order valence-electron chi connectivity index (χ0n) is 5.70. The van der Waals surface area contributed by atoms with Crippen molar-refractivity contribution in [3.05, 3.63) is 26.1 Å². The zero-order chi connectivity index (χ0) is 8.43. The van der Waals surface area contributed by atoms with Gasteiger partial charge >= 0.3 is 0 Å². The SMILES string of the molecule is COc1cc(Br)c(Br)cc1Cl. The highest BCUT2D eigenvalue weighted by atomic mass is 79.9. The maximum absolute atomic E-state index is 5.83. The van der Waals surface area contributed by atoms with Gasteiger partial charge in [-0.05, 0) is 44.0 Å². The van der Waals surface area contributed by atoms with Gasteiger partial charge in [-0.2, -0.15) is 0 Å². The van der Waals surface area contributed by atoms with E-state index in [-0.39, 0.29) is 0 Å². The van der Waals surface area contributed by atoms with Gasteiger partial charge in [0.25, 0.3) is 0 Å². The fourth-order valence-corrected chi connectivity index (χ4v) is 1.70. The molecule has 0 atom stereocenters. The summed E-state index contributed by atoms with van der Waals surface area (Å²) in [6.45, 7) is 0. The van der Waals surface area contributed by atoms with Crippen molar-refractivity contribution >= 4 is 43.5 Å². The number of ether oxygens (including phenoxy) is 1.